The lowest BCUT2D eigenvalue weighted by Gasteiger charge is -2.09. The Bertz CT molecular complexity index is 500. The Balaban J connectivity index is 2.40. The van der Waals surface area contributed by atoms with E-state index < -0.39 is 0 Å². The zero-order valence-corrected chi connectivity index (χ0v) is 12.6. The van der Waals surface area contributed by atoms with E-state index in [0.717, 1.165) is 0 Å². The fourth-order valence-corrected chi connectivity index (χ4v) is 1.63. The summed E-state index contributed by atoms with van der Waals surface area (Å²) >= 11 is 0. The minimum Gasteiger partial charge on any atom is -0.504 e. The van der Waals surface area contributed by atoms with Crippen LogP contribution in [-0.4, -0.2) is 37.1 Å². The summed E-state index contributed by atoms with van der Waals surface area (Å²) in [6, 6.07) is 4.39. The highest BCUT2D eigenvalue weighted by atomic mass is 16.5. The van der Waals surface area contributed by atoms with Crippen molar-refractivity contribution in [3.63, 3.8) is 0 Å². The largest absolute Gasteiger partial charge is 0.504 e. The number of amides is 2. The van der Waals surface area contributed by atoms with Gasteiger partial charge >= 0.3 is 0 Å². The Kier molecular flexibility index (Phi) is 6.52. The highest BCUT2D eigenvalue weighted by Gasteiger charge is 2.10. The van der Waals surface area contributed by atoms with Gasteiger partial charge in [0.25, 0.3) is 5.91 Å². The van der Waals surface area contributed by atoms with E-state index >= 15 is 0 Å². The van der Waals surface area contributed by atoms with Gasteiger partial charge in [-0.25, -0.2) is 0 Å². The molecule has 0 aliphatic heterocycles. The number of ether oxygens (including phenoxy) is 1. The molecule has 0 radical (unpaired) electrons. The van der Waals surface area contributed by atoms with Gasteiger partial charge in [-0.2, -0.15) is 0 Å². The number of hydrogen-bond donors (Lipinski definition) is 3. The first-order chi connectivity index (χ1) is 9.93. The Morgan fingerprint density at radius 1 is 1.29 bits per heavy atom. The molecule has 6 heteroatoms. The van der Waals surface area contributed by atoms with E-state index in [1.54, 1.807) is 6.07 Å². The van der Waals surface area contributed by atoms with Crippen LogP contribution in [0, 0.1) is 5.92 Å². The first-order valence-electron chi connectivity index (χ1n) is 6.86. The lowest BCUT2D eigenvalue weighted by Crippen LogP contribution is -2.32. The summed E-state index contributed by atoms with van der Waals surface area (Å²) in [5.74, 6) is 0.163. The van der Waals surface area contributed by atoms with Gasteiger partial charge < -0.3 is 20.5 Å². The van der Waals surface area contributed by atoms with Crippen molar-refractivity contribution in [1.29, 1.82) is 0 Å². The molecule has 0 heterocycles. The summed E-state index contributed by atoms with van der Waals surface area (Å²) in [5, 5.41) is 15.0. The number of methoxy groups -OCH3 is 1. The number of hydrogen-bond acceptors (Lipinski definition) is 4. The van der Waals surface area contributed by atoms with Crippen molar-refractivity contribution in [2.75, 3.05) is 20.2 Å². The third-order valence-corrected chi connectivity index (χ3v) is 2.79. The molecule has 116 valence electrons. The van der Waals surface area contributed by atoms with Gasteiger partial charge in [0, 0.05) is 25.1 Å². The average molecular weight is 294 g/mol. The lowest BCUT2D eigenvalue weighted by atomic mass is 10.2. The molecule has 0 aliphatic rings. The molecule has 1 aromatic carbocycles. The number of phenols is 1. The first kappa shape index (κ1) is 16.8. The van der Waals surface area contributed by atoms with Crippen LogP contribution in [0.25, 0.3) is 0 Å². The molecule has 0 spiro atoms. The van der Waals surface area contributed by atoms with Gasteiger partial charge in [-0.05, 0) is 24.1 Å². The monoisotopic (exact) mass is 294 g/mol. The second-order valence-electron chi connectivity index (χ2n) is 5.09. The number of nitrogens with one attached hydrogen (secondary N) is 2. The quantitative estimate of drug-likeness (QED) is 0.707. The molecule has 6 nitrogen and oxygen atoms in total. The fraction of sp³-hybridized carbons (Fsp3) is 0.467. The maximum atomic E-state index is 11.8. The number of carbonyl (C=O) groups is 2. The molecule has 0 atom stereocenters. The van der Waals surface area contributed by atoms with Crippen LogP contribution in [-0.2, 0) is 4.79 Å². The van der Waals surface area contributed by atoms with E-state index in [1.807, 2.05) is 13.8 Å². The van der Waals surface area contributed by atoms with Crippen LogP contribution in [0.5, 0.6) is 11.5 Å². The van der Waals surface area contributed by atoms with Crippen molar-refractivity contribution in [3.05, 3.63) is 23.8 Å². The molecule has 0 saturated heterocycles. The van der Waals surface area contributed by atoms with Crippen LogP contribution < -0.4 is 15.4 Å². The second-order valence-corrected chi connectivity index (χ2v) is 5.09. The Morgan fingerprint density at radius 3 is 2.57 bits per heavy atom. The van der Waals surface area contributed by atoms with Crippen molar-refractivity contribution in [1.82, 2.24) is 10.6 Å². The van der Waals surface area contributed by atoms with E-state index in [2.05, 4.69) is 10.6 Å². The van der Waals surface area contributed by atoms with Gasteiger partial charge in [0.2, 0.25) is 5.91 Å². The number of benzene rings is 1. The first-order valence-corrected chi connectivity index (χ1v) is 6.86. The third-order valence-electron chi connectivity index (χ3n) is 2.79. The number of phenolic OH excluding ortho intramolecular Hbond substituents is 1. The van der Waals surface area contributed by atoms with Gasteiger partial charge in [0.05, 0.1) is 7.11 Å². The third kappa shape index (κ3) is 5.72. The number of carbonyl (C=O) groups excluding carboxylic acids is 2. The summed E-state index contributed by atoms with van der Waals surface area (Å²) < 4.78 is 4.90. The predicted octanol–water partition coefficient (Wildman–Crippen LogP) is 1.29. The molecule has 0 aliphatic carbocycles. The standard InChI is InChI=1S/C15H22N2O4/c1-10(2)9-17-14(19)6-7-16-15(20)11-4-5-13(21-3)12(18)8-11/h4-5,8,10,18H,6-7,9H2,1-3H3,(H,16,20)(H,17,19). The van der Waals surface area contributed by atoms with Gasteiger partial charge in [-0.15, -0.1) is 0 Å². The summed E-state index contributed by atoms with van der Waals surface area (Å²) in [4.78, 5) is 23.3. The molecule has 21 heavy (non-hydrogen) atoms. The highest BCUT2D eigenvalue weighted by molar-refractivity contribution is 5.95. The second kappa shape index (κ2) is 8.14. The molecular formula is C15H22N2O4. The molecule has 1 rings (SSSR count). The van der Waals surface area contributed by atoms with E-state index in [1.165, 1.54) is 19.2 Å². The van der Waals surface area contributed by atoms with Gasteiger partial charge in [0.1, 0.15) is 0 Å². The maximum absolute atomic E-state index is 11.8. The molecule has 0 aromatic heterocycles. The van der Waals surface area contributed by atoms with Crippen molar-refractivity contribution >= 4 is 11.8 Å². The number of aromatic hydroxyl groups is 1. The topological polar surface area (TPSA) is 87.7 Å². The Labute approximate surface area is 124 Å². The average Bonchev–Trinajstić information content (AvgIpc) is 2.44. The molecule has 0 bridgehead atoms. The maximum Gasteiger partial charge on any atom is 0.251 e. The lowest BCUT2D eigenvalue weighted by molar-refractivity contribution is -0.121. The Hall–Kier alpha value is -2.24. The van der Waals surface area contributed by atoms with Crippen LogP contribution in [0.4, 0.5) is 0 Å². The zero-order valence-electron chi connectivity index (χ0n) is 12.6. The van der Waals surface area contributed by atoms with E-state index in [0.29, 0.717) is 23.8 Å². The van der Waals surface area contributed by atoms with Crippen LogP contribution in [0.1, 0.15) is 30.6 Å². The highest BCUT2D eigenvalue weighted by Crippen LogP contribution is 2.25. The molecule has 0 unspecified atom stereocenters. The van der Waals surface area contributed by atoms with Crippen molar-refractivity contribution in [2.24, 2.45) is 5.92 Å². The van der Waals surface area contributed by atoms with Crippen LogP contribution >= 0.6 is 0 Å². The minimum atomic E-state index is -0.343. The van der Waals surface area contributed by atoms with Crippen molar-refractivity contribution in [3.8, 4) is 11.5 Å². The summed E-state index contributed by atoms with van der Waals surface area (Å²) in [5.41, 5.74) is 0.316. The van der Waals surface area contributed by atoms with Crippen LogP contribution in [0.3, 0.4) is 0 Å². The molecular weight excluding hydrogens is 272 g/mol. The van der Waals surface area contributed by atoms with Gasteiger partial charge in [0.15, 0.2) is 11.5 Å². The van der Waals surface area contributed by atoms with Crippen LogP contribution in [0.15, 0.2) is 18.2 Å². The van der Waals surface area contributed by atoms with Crippen LogP contribution in [0.2, 0.25) is 0 Å². The van der Waals surface area contributed by atoms with E-state index in [4.69, 9.17) is 4.74 Å². The van der Waals surface area contributed by atoms with Gasteiger partial charge in [-0.3, -0.25) is 9.59 Å². The number of rotatable bonds is 7. The van der Waals surface area contributed by atoms with Gasteiger partial charge in [-0.1, -0.05) is 13.8 Å². The SMILES string of the molecule is COc1ccc(C(=O)NCCC(=O)NCC(C)C)cc1O. The summed E-state index contributed by atoms with van der Waals surface area (Å²) in [7, 11) is 1.44. The minimum absolute atomic E-state index is 0.0958. The molecule has 3 N–H and O–H groups in total. The van der Waals surface area contributed by atoms with Crippen molar-refractivity contribution < 1.29 is 19.4 Å². The summed E-state index contributed by atoms with van der Waals surface area (Å²) in [6.45, 7) is 4.89. The Morgan fingerprint density at radius 2 is 2.00 bits per heavy atom. The summed E-state index contributed by atoms with van der Waals surface area (Å²) in [6.07, 6.45) is 0.223. The molecule has 1 aromatic rings. The molecule has 2 amide bonds. The smallest absolute Gasteiger partial charge is 0.251 e. The molecule has 0 fully saturated rings. The van der Waals surface area contributed by atoms with Crippen molar-refractivity contribution in [2.45, 2.75) is 20.3 Å². The van der Waals surface area contributed by atoms with E-state index in [9.17, 15) is 14.7 Å². The van der Waals surface area contributed by atoms with E-state index in [-0.39, 0.29) is 30.5 Å². The molecule has 0 saturated carbocycles. The zero-order chi connectivity index (χ0) is 15.8. The normalized spacial score (nSPS) is 10.3. The predicted molar refractivity (Wildman–Crippen MR) is 79.5 cm³/mol. The fourth-order valence-electron chi connectivity index (χ4n) is 1.63.